The SMILES string of the molecule is CCOC(=O)[C@H]1C2CC(C[C@@H]2F)N1C(=O)OC(C)(C)C. The van der Waals surface area contributed by atoms with Crippen molar-refractivity contribution in [3.8, 4) is 0 Å². The number of alkyl halides is 1. The van der Waals surface area contributed by atoms with Crippen molar-refractivity contribution < 1.29 is 23.5 Å². The molecular formula is C14H22FNO4. The first-order chi connectivity index (χ1) is 9.24. The molecule has 2 bridgehead atoms. The zero-order valence-corrected chi connectivity index (χ0v) is 12.4. The maximum atomic E-state index is 13.9. The number of nitrogens with zero attached hydrogens (tertiary/aromatic N) is 1. The van der Waals surface area contributed by atoms with Gasteiger partial charge in [0.15, 0.2) is 0 Å². The average Bonchev–Trinajstić information content (AvgIpc) is 2.82. The van der Waals surface area contributed by atoms with Gasteiger partial charge in [-0.1, -0.05) is 0 Å². The van der Waals surface area contributed by atoms with Crippen LogP contribution in [0.5, 0.6) is 0 Å². The van der Waals surface area contributed by atoms with E-state index in [1.807, 2.05) is 0 Å². The Hall–Kier alpha value is -1.33. The lowest BCUT2D eigenvalue weighted by atomic mass is 9.97. The number of hydrogen-bond donors (Lipinski definition) is 0. The summed E-state index contributed by atoms with van der Waals surface area (Å²) in [5.41, 5.74) is -0.646. The standard InChI is InChI=1S/C14H22FNO4/c1-5-19-12(17)11-9-6-8(7-10(9)15)16(11)13(18)20-14(2,3)4/h8-11H,5-7H2,1-4H3/t8?,9?,10-,11+/m0/s1. The molecule has 1 aliphatic carbocycles. The number of amides is 1. The van der Waals surface area contributed by atoms with Gasteiger partial charge < -0.3 is 9.47 Å². The van der Waals surface area contributed by atoms with E-state index in [0.717, 1.165) is 0 Å². The van der Waals surface area contributed by atoms with Crippen LogP contribution < -0.4 is 0 Å². The van der Waals surface area contributed by atoms with Crippen LogP contribution >= 0.6 is 0 Å². The smallest absolute Gasteiger partial charge is 0.411 e. The first kappa shape index (κ1) is 15.1. The molecule has 114 valence electrons. The number of rotatable bonds is 2. The van der Waals surface area contributed by atoms with E-state index in [2.05, 4.69) is 0 Å². The first-order valence-corrected chi connectivity index (χ1v) is 7.06. The third-order valence-corrected chi connectivity index (χ3v) is 3.74. The normalized spacial score (nSPS) is 32.4. The Labute approximate surface area is 118 Å². The number of piperidine rings is 1. The van der Waals surface area contributed by atoms with Gasteiger partial charge in [-0.15, -0.1) is 0 Å². The molecule has 2 rings (SSSR count). The van der Waals surface area contributed by atoms with Gasteiger partial charge in [0, 0.05) is 12.0 Å². The Kier molecular flexibility index (Phi) is 3.93. The van der Waals surface area contributed by atoms with Crippen LogP contribution in [0.3, 0.4) is 0 Å². The van der Waals surface area contributed by atoms with Gasteiger partial charge in [-0.3, -0.25) is 4.90 Å². The Morgan fingerprint density at radius 3 is 2.50 bits per heavy atom. The van der Waals surface area contributed by atoms with E-state index in [-0.39, 0.29) is 19.1 Å². The van der Waals surface area contributed by atoms with E-state index in [1.54, 1.807) is 27.7 Å². The van der Waals surface area contributed by atoms with Crippen LogP contribution in [0.2, 0.25) is 0 Å². The molecule has 6 heteroatoms. The topological polar surface area (TPSA) is 55.8 Å². The van der Waals surface area contributed by atoms with Crippen LogP contribution in [-0.4, -0.2) is 47.4 Å². The van der Waals surface area contributed by atoms with E-state index < -0.39 is 35.8 Å². The molecule has 0 aromatic heterocycles. The molecule has 4 atom stereocenters. The van der Waals surface area contributed by atoms with E-state index in [4.69, 9.17) is 9.47 Å². The molecule has 1 amide bonds. The highest BCUT2D eigenvalue weighted by molar-refractivity contribution is 5.83. The van der Waals surface area contributed by atoms with Gasteiger partial charge >= 0.3 is 12.1 Å². The highest BCUT2D eigenvalue weighted by Crippen LogP contribution is 2.45. The van der Waals surface area contributed by atoms with E-state index in [0.29, 0.717) is 6.42 Å². The van der Waals surface area contributed by atoms with Gasteiger partial charge in [-0.2, -0.15) is 0 Å². The summed E-state index contributed by atoms with van der Waals surface area (Å²) in [5.74, 6) is -1.00. The van der Waals surface area contributed by atoms with Crippen molar-refractivity contribution in [2.75, 3.05) is 6.61 Å². The Morgan fingerprint density at radius 2 is 1.95 bits per heavy atom. The number of carbonyl (C=O) groups is 2. The molecule has 2 aliphatic rings. The van der Waals surface area contributed by atoms with E-state index in [1.165, 1.54) is 4.90 Å². The summed E-state index contributed by atoms with van der Waals surface area (Å²) in [6, 6.07) is -1.11. The minimum atomic E-state index is -1.05. The third-order valence-electron chi connectivity index (χ3n) is 3.74. The Balaban J connectivity index is 2.17. The summed E-state index contributed by atoms with van der Waals surface area (Å²) in [7, 11) is 0. The predicted octanol–water partition coefficient (Wildman–Crippen LogP) is 2.29. The minimum absolute atomic E-state index is 0.214. The maximum Gasteiger partial charge on any atom is 0.411 e. The van der Waals surface area contributed by atoms with Gasteiger partial charge in [-0.05, 0) is 40.5 Å². The monoisotopic (exact) mass is 287 g/mol. The zero-order chi connectivity index (χ0) is 15.1. The van der Waals surface area contributed by atoms with Gasteiger partial charge in [0.25, 0.3) is 0 Å². The second kappa shape index (κ2) is 5.22. The van der Waals surface area contributed by atoms with Crippen LogP contribution in [0.1, 0.15) is 40.5 Å². The van der Waals surface area contributed by atoms with Crippen molar-refractivity contribution >= 4 is 12.1 Å². The highest BCUT2D eigenvalue weighted by atomic mass is 19.1. The average molecular weight is 287 g/mol. The van der Waals surface area contributed by atoms with Crippen molar-refractivity contribution in [1.82, 2.24) is 4.90 Å². The van der Waals surface area contributed by atoms with Crippen molar-refractivity contribution in [3.05, 3.63) is 0 Å². The second-order valence-corrected chi connectivity index (χ2v) is 6.39. The van der Waals surface area contributed by atoms with Crippen molar-refractivity contribution in [1.29, 1.82) is 0 Å². The molecule has 0 N–H and O–H groups in total. The number of halogens is 1. The largest absolute Gasteiger partial charge is 0.464 e. The number of carbonyl (C=O) groups excluding carboxylic acids is 2. The summed E-state index contributed by atoms with van der Waals surface area (Å²) in [6.07, 6.45) is -0.827. The molecule has 1 aliphatic heterocycles. The van der Waals surface area contributed by atoms with Gasteiger partial charge in [0.1, 0.15) is 17.8 Å². The molecule has 0 aromatic rings. The number of hydrogen-bond acceptors (Lipinski definition) is 4. The fourth-order valence-corrected chi connectivity index (χ4v) is 3.07. The molecule has 1 saturated heterocycles. The lowest BCUT2D eigenvalue weighted by molar-refractivity contribution is -0.152. The van der Waals surface area contributed by atoms with Crippen LogP contribution in [0.15, 0.2) is 0 Å². The van der Waals surface area contributed by atoms with E-state index >= 15 is 0 Å². The quantitative estimate of drug-likeness (QED) is 0.731. The van der Waals surface area contributed by atoms with Crippen LogP contribution in [0.4, 0.5) is 9.18 Å². The highest BCUT2D eigenvalue weighted by Gasteiger charge is 2.57. The number of fused-ring (bicyclic) bond motifs is 2. The van der Waals surface area contributed by atoms with Crippen molar-refractivity contribution in [2.45, 2.75) is 64.4 Å². The zero-order valence-electron chi connectivity index (χ0n) is 12.4. The summed E-state index contributed by atoms with van der Waals surface area (Å²) < 4.78 is 24.2. The summed E-state index contributed by atoms with van der Waals surface area (Å²) in [6.45, 7) is 7.19. The Morgan fingerprint density at radius 1 is 1.30 bits per heavy atom. The molecule has 2 fully saturated rings. The predicted molar refractivity (Wildman–Crippen MR) is 69.9 cm³/mol. The minimum Gasteiger partial charge on any atom is -0.464 e. The van der Waals surface area contributed by atoms with Gasteiger partial charge in [-0.25, -0.2) is 14.0 Å². The fourth-order valence-electron chi connectivity index (χ4n) is 3.07. The fraction of sp³-hybridized carbons (Fsp3) is 0.857. The van der Waals surface area contributed by atoms with Gasteiger partial charge in [0.05, 0.1) is 6.61 Å². The number of ether oxygens (including phenoxy) is 2. The molecule has 1 saturated carbocycles. The van der Waals surface area contributed by atoms with Crippen molar-refractivity contribution in [2.24, 2.45) is 5.92 Å². The molecule has 20 heavy (non-hydrogen) atoms. The molecule has 0 aromatic carbocycles. The summed E-state index contributed by atoms with van der Waals surface area (Å²) >= 11 is 0. The van der Waals surface area contributed by atoms with Crippen LogP contribution in [-0.2, 0) is 14.3 Å². The molecular weight excluding hydrogens is 265 g/mol. The maximum absolute atomic E-state index is 13.9. The summed E-state index contributed by atoms with van der Waals surface area (Å²) in [4.78, 5) is 25.7. The lowest BCUT2D eigenvalue weighted by Crippen LogP contribution is -2.53. The summed E-state index contributed by atoms with van der Waals surface area (Å²) in [5, 5.41) is 0. The lowest BCUT2D eigenvalue weighted by Gasteiger charge is -2.36. The van der Waals surface area contributed by atoms with Crippen LogP contribution in [0.25, 0.3) is 0 Å². The molecule has 5 nitrogen and oxygen atoms in total. The third kappa shape index (κ3) is 2.74. The number of esters is 1. The first-order valence-electron chi connectivity index (χ1n) is 7.06. The Bertz CT molecular complexity index is 406. The number of likely N-dealkylation sites (tertiary alicyclic amines) is 1. The molecule has 2 unspecified atom stereocenters. The van der Waals surface area contributed by atoms with Gasteiger partial charge in [0.2, 0.25) is 0 Å². The van der Waals surface area contributed by atoms with E-state index in [9.17, 15) is 14.0 Å². The molecule has 0 spiro atoms. The molecule has 1 heterocycles. The second-order valence-electron chi connectivity index (χ2n) is 6.39. The molecule has 0 radical (unpaired) electrons. The van der Waals surface area contributed by atoms with Crippen molar-refractivity contribution in [3.63, 3.8) is 0 Å². The van der Waals surface area contributed by atoms with Crippen LogP contribution in [0, 0.1) is 5.92 Å².